The highest BCUT2D eigenvalue weighted by Crippen LogP contribution is 2.43. The summed E-state index contributed by atoms with van der Waals surface area (Å²) in [6.07, 6.45) is 1.54. The average molecular weight is 378 g/mol. The number of hydrogen-bond donors (Lipinski definition) is 0. The Kier molecular flexibility index (Phi) is 3.59. The second-order valence-corrected chi connectivity index (χ2v) is 8.41. The third-order valence-electron chi connectivity index (χ3n) is 5.41. The van der Waals surface area contributed by atoms with Crippen LogP contribution in [0.25, 0.3) is 10.2 Å². The van der Waals surface area contributed by atoms with Crippen LogP contribution in [0.2, 0.25) is 0 Å². The molecule has 6 heteroatoms. The van der Waals surface area contributed by atoms with E-state index in [-0.39, 0.29) is 11.9 Å². The molecule has 0 bridgehead atoms. The Labute approximate surface area is 160 Å². The van der Waals surface area contributed by atoms with Crippen molar-refractivity contribution in [3.8, 4) is 0 Å². The van der Waals surface area contributed by atoms with Crippen molar-refractivity contribution in [2.75, 3.05) is 13.1 Å². The third kappa shape index (κ3) is 2.55. The van der Waals surface area contributed by atoms with Gasteiger partial charge in [0, 0.05) is 17.7 Å². The summed E-state index contributed by atoms with van der Waals surface area (Å²) in [6.45, 7) is 3.03. The summed E-state index contributed by atoms with van der Waals surface area (Å²) >= 11 is 1.59. The van der Waals surface area contributed by atoms with E-state index in [2.05, 4.69) is 4.98 Å². The lowest BCUT2D eigenvalue weighted by Crippen LogP contribution is -2.48. The fourth-order valence-electron chi connectivity index (χ4n) is 4.20. The van der Waals surface area contributed by atoms with Gasteiger partial charge in [0.15, 0.2) is 5.60 Å². The molecule has 1 atom stereocenters. The maximum Gasteiger partial charge on any atom is 0.339 e. The highest BCUT2D eigenvalue weighted by Gasteiger charge is 2.48. The number of ether oxygens (including phenoxy) is 1. The molecule has 3 aromatic rings. The van der Waals surface area contributed by atoms with Crippen LogP contribution in [0.5, 0.6) is 0 Å². The zero-order chi connectivity index (χ0) is 18.6. The van der Waals surface area contributed by atoms with Crippen molar-refractivity contribution >= 4 is 33.4 Å². The number of carbonyl (C=O) groups excluding carboxylic acids is 2. The summed E-state index contributed by atoms with van der Waals surface area (Å²) in [5.74, 6) is -0.316. The lowest BCUT2D eigenvalue weighted by atomic mass is 9.85. The van der Waals surface area contributed by atoms with Crippen LogP contribution in [-0.2, 0) is 10.3 Å². The number of nitrogens with zero attached hydrogens (tertiary/aromatic N) is 2. The molecule has 1 fully saturated rings. The summed E-state index contributed by atoms with van der Waals surface area (Å²) in [4.78, 5) is 31.7. The Morgan fingerprint density at radius 3 is 3.00 bits per heavy atom. The van der Waals surface area contributed by atoms with E-state index in [1.165, 1.54) is 0 Å². The zero-order valence-electron chi connectivity index (χ0n) is 14.9. The van der Waals surface area contributed by atoms with Gasteiger partial charge in [-0.05, 0) is 44.0 Å². The maximum atomic E-state index is 13.2. The van der Waals surface area contributed by atoms with Gasteiger partial charge in [0.2, 0.25) is 0 Å². The van der Waals surface area contributed by atoms with Crippen molar-refractivity contribution in [1.29, 1.82) is 0 Å². The van der Waals surface area contributed by atoms with Crippen molar-refractivity contribution in [1.82, 2.24) is 9.88 Å². The van der Waals surface area contributed by atoms with Gasteiger partial charge in [-0.1, -0.05) is 18.2 Å². The molecule has 2 aliphatic rings. The number of fused-ring (bicyclic) bond motifs is 3. The van der Waals surface area contributed by atoms with Crippen molar-refractivity contribution in [3.63, 3.8) is 0 Å². The number of likely N-dealkylation sites (tertiary alicyclic amines) is 1. The van der Waals surface area contributed by atoms with E-state index < -0.39 is 5.60 Å². The minimum Gasteiger partial charge on any atom is -0.449 e. The van der Waals surface area contributed by atoms with Crippen LogP contribution >= 0.6 is 11.3 Å². The van der Waals surface area contributed by atoms with Crippen LogP contribution < -0.4 is 0 Å². The number of benzene rings is 2. The van der Waals surface area contributed by atoms with Crippen LogP contribution in [0.3, 0.4) is 0 Å². The number of rotatable bonds is 1. The number of aromatic nitrogens is 1. The molecule has 1 aromatic heterocycles. The second kappa shape index (κ2) is 5.89. The van der Waals surface area contributed by atoms with Crippen LogP contribution in [0.4, 0.5) is 0 Å². The molecule has 2 aromatic carbocycles. The molecule has 1 unspecified atom stereocenters. The number of carbonyl (C=O) groups is 2. The molecule has 5 nitrogen and oxygen atoms in total. The number of aryl methyl sites for hydroxylation is 1. The van der Waals surface area contributed by atoms with Crippen molar-refractivity contribution < 1.29 is 14.3 Å². The molecular weight excluding hydrogens is 360 g/mol. The van der Waals surface area contributed by atoms with Gasteiger partial charge in [-0.2, -0.15) is 0 Å². The van der Waals surface area contributed by atoms with Crippen molar-refractivity contribution in [2.45, 2.75) is 25.4 Å². The quantitative estimate of drug-likeness (QED) is 0.603. The predicted molar refractivity (Wildman–Crippen MR) is 103 cm³/mol. The van der Waals surface area contributed by atoms with Crippen LogP contribution in [0.15, 0.2) is 42.5 Å². The number of esters is 1. The molecule has 1 amide bonds. The van der Waals surface area contributed by atoms with Crippen molar-refractivity contribution in [2.24, 2.45) is 0 Å². The Bertz CT molecular complexity index is 1090. The van der Waals surface area contributed by atoms with Gasteiger partial charge in [-0.15, -0.1) is 11.3 Å². The monoisotopic (exact) mass is 378 g/mol. The van der Waals surface area contributed by atoms with Gasteiger partial charge < -0.3 is 9.64 Å². The van der Waals surface area contributed by atoms with E-state index in [0.29, 0.717) is 24.2 Å². The van der Waals surface area contributed by atoms with Crippen LogP contribution in [0.1, 0.15) is 44.1 Å². The van der Waals surface area contributed by atoms with Crippen molar-refractivity contribution in [3.05, 3.63) is 64.2 Å². The number of thiazole rings is 1. The summed E-state index contributed by atoms with van der Waals surface area (Å²) in [5.41, 5.74) is 2.38. The van der Waals surface area contributed by atoms with E-state index in [4.69, 9.17) is 4.74 Å². The molecule has 0 saturated carbocycles. The third-order valence-corrected chi connectivity index (χ3v) is 6.34. The second-order valence-electron chi connectivity index (χ2n) is 7.18. The minimum absolute atomic E-state index is 0.0255. The molecule has 0 aliphatic carbocycles. The molecule has 1 spiro atoms. The highest BCUT2D eigenvalue weighted by atomic mass is 32.1. The first kappa shape index (κ1) is 16.4. The number of hydrogen-bond acceptors (Lipinski definition) is 5. The average Bonchev–Trinajstić information content (AvgIpc) is 3.18. The molecular formula is C21H18N2O3S. The van der Waals surface area contributed by atoms with Gasteiger partial charge in [-0.25, -0.2) is 9.78 Å². The fraction of sp³-hybridized carbons (Fsp3) is 0.286. The molecule has 3 heterocycles. The lowest BCUT2D eigenvalue weighted by molar-refractivity contribution is -0.0442. The fourth-order valence-corrected chi connectivity index (χ4v) is 5.07. The zero-order valence-corrected chi connectivity index (χ0v) is 15.7. The first-order valence-electron chi connectivity index (χ1n) is 9.05. The summed E-state index contributed by atoms with van der Waals surface area (Å²) in [5, 5.41) is 0.987. The molecule has 136 valence electrons. The summed E-state index contributed by atoms with van der Waals surface area (Å²) in [7, 11) is 0. The maximum absolute atomic E-state index is 13.2. The predicted octanol–water partition coefficient (Wildman–Crippen LogP) is 3.91. The Morgan fingerprint density at radius 1 is 1.26 bits per heavy atom. The summed E-state index contributed by atoms with van der Waals surface area (Å²) in [6, 6.07) is 13.2. The lowest BCUT2D eigenvalue weighted by Gasteiger charge is -2.39. The Hall–Kier alpha value is -2.73. The van der Waals surface area contributed by atoms with E-state index in [0.717, 1.165) is 33.6 Å². The molecule has 5 rings (SSSR count). The van der Waals surface area contributed by atoms with E-state index in [1.807, 2.05) is 48.2 Å². The minimum atomic E-state index is -0.716. The first-order valence-corrected chi connectivity index (χ1v) is 9.87. The SMILES string of the molecule is Cc1nc2ccc(C(=O)N3CCCC4(C3)OC(=O)c3ccccc34)cc2s1. The van der Waals surface area contributed by atoms with Crippen LogP contribution in [0, 0.1) is 6.92 Å². The highest BCUT2D eigenvalue weighted by molar-refractivity contribution is 7.18. The van der Waals surface area contributed by atoms with E-state index >= 15 is 0 Å². The van der Waals surface area contributed by atoms with E-state index in [9.17, 15) is 9.59 Å². The normalized spacial score (nSPS) is 21.5. The van der Waals surface area contributed by atoms with Gasteiger partial charge in [0.1, 0.15) is 0 Å². The van der Waals surface area contributed by atoms with Gasteiger partial charge in [-0.3, -0.25) is 4.79 Å². The summed E-state index contributed by atoms with van der Waals surface area (Å²) < 4.78 is 6.83. The molecule has 0 radical (unpaired) electrons. The van der Waals surface area contributed by atoms with Gasteiger partial charge in [0.25, 0.3) is 5.91 Å². The first-order chi connectivity index (χ1) is 13.1. The van der Waals surface area contributed by atoms with Crippen LogP contribution in [-0.4, -0.2) is 34.8 Å². The van der Waals surface area contributed by atoms with Gasteiger partial charge in [0.05, 0.1) is 27.3 Å². The Balaban J connectivity index is 1.47. The largest absolute Gasteiger partial charge is 0.449 e. The Morgan fingerprint density at radius 2 is 2.11 bits per heavy atom. The molecule has 27 heavy (non-hydrogen) atoms. The smallest absolute Gasteiger partial charge is 0.339 e. The topological polar surface area (TPSA) is 59.5 Å². The number of piperidine rings is 1. The molecule has 0 N–H and O–H groups in total. The standard InChI is InChI=1S/C21H18N2O3S/c1-13-22-17-8-7-14(11-18(17)27-13)19(24)23-10-4-9-21(12-23)16-6-3-2-5-15(16)20(25)26-21/h2-3,5-8,11H,4,9-10,12H2,1H3. The number of amides is 1. The van der Waals surface area contributed by atoms with Gasteiger partial charge >= 0.3 is 5.97 Å². The van der Waals surface area contributed by atoms with E-state index in [1.54, 1.807) is 17.4 Å². The molecule has 2 aliphatic heterocycles. The molecule has 1 saturated heterocycles.